The van der Waals surface area contributed by atoms with Crippen LogP contribution in [0.2, 0.25) is 0 Å². The van der Waals surface area contributed by atoms with E-state index >= 15 is 0 Å². The summed E-state index contributed by atoms with van der Waals surface area (Å²) in [6, 6.07) is 9.49. The van der Waals surface area contributed by atoms with Crippen LogP contribution in [-0.4, -0.2) is 18.8 Å². The quantitative estimate of drug-likeness (QED) is 0.391. The van der Waals surface area contributed by atoms with Gasteiger partial charge in [-0.05, 0) is 0 Å². The highest BCUT2D eigenvalue weighted by Gasteiger charge is 1.71. The molecule has 0 saturated carbocycles. The van der Waals surface area contributed by atoms with Crippen molar-refractivity contribution in [2.75, 3.05) is 0 Å². The molecule has 0 unspecified atom stereocenters. The van der Waals surface area contributed by atoms with Crippen molar-refractivity contribution in [2.45, 2.75) is 0 Å². The molecule has 4 N–H and O–H groups in total. The van der Waals surface area contributed by atoms with Crippen molar-refractivity contribution >= 4 is 13.3 Å². The Morgan fingerprint density at radius 3 is 1.56 bits per heavy atom. The van der Waals surface area contributed by atoms with E-state index in [1.165, 1.54) is 0 Å². The average molecular weight is 124 g/mol. The van der Waals surface area contributed by atoms with Crippen LogP contribution in [-0.2, 0) is 0 Å². The van der Waals surface area contributed by atoms with E-state index in [4.69, 9.17) is 7.85 Å². The van der Waals surface area contributed by atoms with Crippen LogP contribution in [0.25, 0.3) is 0 Å². The van der Waals surface area contributed by atoms with Crippen LogP contribution < -0.4 is 5.46 Å². The summed E-state index contributed by atoms with van der Waals surface area (Å²) < 4.78 is 0. The van der Waals surface area contributed by atoms with E-state index in [0.717, 1.165) is 5.46 Å². The third-order valence-corrected chi connectivity index (χ3v) is 0.800. The smallest absolute Gasteiger partial charge is 0.113 e. The van der Waals surface area contributed by atoms with Crippen LogP contribution in [0.5, 0.6) is 0 Å². The van der Waals surface area contributed by atoms with Crippen LogP contribution in [0.4, 0.5) is 0 Å². The van der Waals surface area contributed by atoms with Gasteiger partial charge in [-0.3, -0.25) is 0 Å². The van der Waals surface area contributed by atoms with Gasteiger partial charge >= 0.3 is 0 Å². The monoisotopic (exact) mass is 124 g/mol. The Labute approximate surface area is 55.5 Å². The lowest BCUT2D eigenvalue weighted by Crippen LogP contribution is -1.97. The number of benzene rings is 1. The maximum absolute atomic E-state index is 5.36. The molecule has 2 radical (unpaired) electrons. The fourth-order valence-corrected chi connectivity index (χ4v) is 0.453. The highest BCUT2D eigenvalue weighted by molar-refractivity contribution is 6.32. The van der Waals surface area contributed by atoms with Gasteiger partial charge in [-0.1, -0.05) is 35.8 Å². The molecule has 0 aliphatic heterocycles. The molecule has 0 spiro atoms. The molecule has 0 aliphatic carbocycles. The minimum Gasteiger partial charge on any atom is -0.412 e. The first-order chi connectivity index (χ1) is 3.39. The molecule has 48 valence electrons. The van der Waals surface area contributed by atoms with E-state index in [9.17, 15) is 0 Å². The fourth-order valence-electron chi connectivity index (χ4n) is 0.453. The lowest BCUT2D eigenvalue weighted by molar-refractivity contribution is 0.823. The second kappa shape index (κ2) is 5.34. The van der Waals surface area contributed by atoms with Crippen molar-refractivity contribution in [3.05, 3.63) is 30.3 Å². The van der Waals surface area contributed by atoms with Gasteiger partial charge < -0.3 is 11.0 Å². The Kier molecular flexibility index (Phi) is 6.57. The predicted molar refractivity (Wildman–Crippen MR) is 39.1 cm³/mol. The van der Waals surface area contributed by atoms with E-state index < -0.39 is 0 Å². The van der Waals surface area contributed by atoms with Gasteiger partial charge in [0, 0.05) is 0 Å². The van der Waals surface area contributed by atoms with Gasteiger partial charge in [-0.15, -0.1) is 0 Å². The summed E-state index contributed by atoms with van der Waals surface area (Å²) in [5.41, 5.74) is 0.822. The summed E-state index contributed by atoms with van der Waals surface area (Å²) in [7, 11) is 5.36. The van der Waals surface area contributed by atoms with E-state index in [0.29, 0.717) is 0 Å². The molecule has 0 bridgehead atoms. The molecule has 0 amide bonds. The van der Waals surface area contributed by atoms with Crippen molar-refractivity contribution in [1.29, 1.82) is 0 Å². The van der Waals surface area contributed by atoms with Gasteiger partial charge in [-0.2, -0.15) is 0 Å². The second-order valence-electron chi connectivity index (χ2n) is 1.41. The maximum atomic E-state index is 5.36. The Morgan fingerprint density at radius 1 is 0.889 bits per heavy atom. The highest BCUT2D eigenvalue weighted by atomic mass is 16.0. The lowest BCUT2D eigenvalue weighted by Gasteiger charge is -1.83. The number of rotatable bonds is 0. The first-order valence-corrected chi connectivity index (χ1v) is 2.20. The first-order valence-electron chi connectivity index (χ1n) is 2.20. The Bertz CT molecular complexity index is 141. The Hall–Kier alpha value is -0.795. The third-order valence-electron chi connectivity index (χ3n) is 0.800. The lowest BCUT2D eigenvalue weighted by atomic mass is 9.97. The van der Waals surface area contributed by atoms with Gasteiger partial charge in [0.15, 0.2) is 0 Å². The molecule has 1 rings (SSSR count). The number of hydrogen-bond acceptors (Lipinski definition) is 0. The maximum Gasteiger partial charge on any atom is 0.113 e. The van der Waals surface area contributed by atoms with Crippen molar-refractivity contribution in [2.24, 2.45) is 0 Å². The van der Waals surface area contributed by atoms with Gasteiger partial charge in [0.2, 0.25) is 0 Å². The van der Waals surface area contributed by atoms with Crippen molar-refractivity contribution < 1.29 is 11.0 Å². The summed E-state index contributed by atoms with van der Waals surface area (Å²) in [5, 5.41) is 0. The molecule has 9 heavy (non-hydrogen) atoms. The zero-order chi connectivity index (χ0) is 5.11. The predicted octanol–water partition coefficient (Wildman–Crippen LogP) is -1.17. The zero-order valence-corrected chi connectivity index (χ0v) is 4.96. The molecule has 1 aromatic carbocycles. The molecule has 0 heterocycles. The van der Waals surface area contributed by atoms with E-state index in [2.05, 4.69) is 0 Å². The molecular formula is C6H9BO2. The number of hydrogen-bond donors (Lipinski definition) is 0. The standard InChI is InChI=1S/C6H5B.2H2O/c7-6-4-2-1-3-5-6;;/h1-5H;2*1H2. The van der Waals surface area contributed by atoms with Gasteiger partial charge in [0.05, 0.1) is 0 Å². The summed E-state index contributed by atoms with van der Waals surface area (Å²) in [4.78, 5) is 0. The highest BCUT2D eigenvalue weighted by Crippen LogP contribution is 1.76. The van der Waals surface area contributed by atoms with Gasteiger partial charge in [-0.25, -0.2) is 0 Å². The largest absolute Gasteiger partial charge is 0.412 e. The van der Waals surface area contributed by atoms with Crippen LogP contribution >= 0.6 is 0 Å². The Morgan fingerprint density at radius 2 is 1.33 bits per heavy atom. The van der Waals surface area contributed by atoms with Gasteiger partial charge in [0.1, 0.15) is 7.85 Å². The minimum absolute atomic E-state index is 0. The Balaban J connectivity index is 0. The summed E-state index contributed by atoms with van der Waals surface area (Å²) >= 11 is 0. The first kappa shape index (κ1) is 11.1. The molecular weight excluding hydrogens is 115 g/mol. The summed E-state index contributed by atoms with van der Waals surface area (Å²) in [5.74, 6) is 0. The SMILES string of the molecule is O.O.[B]c1ccccc1. The van der Waals surface area contributed by atoms with Crippen LogP contribution in [0.15, 0.2) is 30.3 Å². The minimum atomic E-state index is 0. The van der Waals surface area contributed by atoms with E-state index in [1.807, 2.05) is 30.3 Å². The molecule has 0 atom stereocenters. The molecule has 0 aromatic heterocycles. The summed E-state index contributed by atoms with van der Waals surface area (Å²) in [6.07, 6.45) is 0. The molecule has 0 aliphatic rings. The van der Waals surface area contributed by atoms with Crippen molar-refractivity contribution in [3.8, 4) is 0 Å². The van der Waals surface area contributed by atoms with Crippen molar-refractivity contribution in [3.63, 3.8) is 0 Å². The normalized spacial score (nSPS) is 6.67. The molecule has 2 nitrogen and oxygen atoms in total. The van der Waals surface area contributed by atoms with Gasteiger partial charge in [0.25, 0.3) is 0 Å². The second-order valence-corrected chi connectivity index (χ2v) is 1.41. The average Bonchev–Trinajstić information content (AvgIpc) is 1.69. The van der Waals surface area contributed by atoms with Crippen LogP contribution in [0.1, 0.15) is 0 Å². The summed E-state index contributed by atoms with van der Waals surface area (Å²) in [6.45, 7) is 0. The third kappa shape index (κ3) is 3.76. The molecule has 0 saturated heterocycles. The van der Waals surface area contributed by atoms with E-state index in [-0.39, 0.29) is 11.0 Å². The van der Waals surface area contributed by atoms with Crippen LogP contribution in [0.3, 0.4) is 0 Å². The van der Waals surface area contributed by atoms with Crippen LogP contribution in [0, 0.1) is 0 Å². The molecule has 3 heteroatoms. The fraction of sp³-hybridized carbons (Fsp3) is 0. The molecule has 0 fully saturated rings. The zero-order valence-electron chi connectivity index (χ0n) is 4.96. The topological polar surface area (TPSA) is 63.0 Å². The molecule has 1 aromatic rings. The van der Waals surface area contributed by atoms with E-state index in [1.54, 1.807) is 0 Å². The van der Waals surface area contributed by atoms with Crippen molar-refractivity contribution in [1.82, 2.24) is 0 Å².